The van der Waals surface area contributed by atoms with Crippen LogP contribution in [0.1, 0.15) is 31.2 Å². The maximum atomic E-state index is 5.60. The van der Waals surface area contributed by atoms with E-state index in [9.17, 15) is 0 Å². The highest BCUT2D eigenvalue weighted by molar-refractivity contribution is 6.09. The molecule has 0 aliphatic carbocycles. The van der Waals surface area contributed by atoms with E-state index in [2.05, 4.69) is 65.2 Å². The third-order valence-electron chi connectivity index (χ3n) is 5.34. The molecule has 0 atom stereocenters. The summed E-state index contributed by atoms with van der Waals surface area (Å²) in [6.07, 6.45) is 5.31. The predicted octanol–water partition coefficient (Wildman–Crippen LogP) is 4.49. The molecule has 2 aliphatic rings. The lowest BCUT2D eigenvalue weighted by molar-refractivity contribution is 0.0778. The Kier molecular flexibility index (Phi) is 5.21. The minimum atomic E-state index is -0.105. The van der Waals surface area contributed by atoms with E-state index in [0.717, 1.165) is 62.7 Å². The Morgan fingerprint density at radius 1 is 0.885 bits per heavy atom. The lowest BCUT2D eigenvalue weighted by Gasteiger charge is -2.43. The largest absolute Gasteiger partial charge is 0.381 e. The molecule has 0 aromatic heterocycles. The number of hydrogen-bond acceptors (Lipinski definition) is 3. The van der Waals surface area contributed by atoms with Crippen LogP contribution in [0, 0.1) is 0 Å². The summed E-state index contributed by atoms with van der Waals surface area (Å²) in [6, 6.07) is 19.1. The van der Waals surface area contributed by atoms with Gasteiger partial charge in [-0.05, 0) is 37.0 Å². The standard InChI is InChI=1S/C22H27N3O/c1-2-8-18(9-3-1)10-6-7-15-23-21-22(13-16-26-17-14-22)25-20-12-5-4-11-19(20)24-21/h1-5,8-9,11-12,25H,6-7,10,13-17H2,(H,23,24). The molecule has 2 aromatic carbocycles. The molecule has 0 bridgehead atoms. The van der Waals surface area contributed by atoms with Gasteiger partial charge in [-0.1, -0.05) is 42.5 Å². The van der Waals surface area contributed by atoms with E-state index >= 15 is 0 Å². The van der Waals surface area contributed by atoms with Crippen molar-refractivity contribution in [3.8, 4) is 0 Å². The lowest BCUT2D eigenvalue weighted by atomic mass is 9.86. The molecule has 0 amide bonds. The second-order valence-electron chi connectivity index (χ2n) is 7.16. The van der Waals surface area contributed by atoms with Gasteiger partial charge < -0.3 is 15.4 Å². The summed E-state index contributed by atoms with van der Waals surface area (Å²) in [5, 5.41) is 7.35. The summed E-state index contributed by atoms with van der Waals surface area (Å²) in [6.45, 7) is 2.43. The van der Waals surface area contributed by atoms with Crippen molar-refractivity contribution < 1.29 is 4.74 Å². The molecule has 2 N–H and O–H groups in total. The first-order chi connectivity index (χ1) is 12.9. The number of ether oxygens (including phenoxy) is 1. The maximum Gasteiger partial charge on any atom is 0.127 e. The highest BCUT2D eigenvalue weighted by atomic mass is 16.5. The highest BCUT2D eigenvalue weighted by Crippen LogP contribution is 2.36. The van der Waals surface area contributed by atoms with Gasteiger partial charge in [0.25, 0.3) is 0 Å². The Labute approximate surface area is 155 Å². The summed E-state index contributed by atoms with van der Waals surface area (Å²) in [7, 11) is 0. The van der Waals surface area contributed by atoms with Crippen LogP contribution in [0.2, 0.25) is 0 Å². The zero-order valence-corrected chi connectivity index (χ0v) is 15.2. The number of amidine groups is 1. The molecule has 4 heteroatoms. The molecular formula is C22H27N3O. The fourth-order valence-electron chi connectivity index (χ4n) is 3.81. The van der Waals surface area contributed by atoms with Crippen LogP contribution in [-0.2, 0) is 11.2 Å². The number of nitrogens with zero attached hydrogens (tertiary/aromatic N) is 1. The molecule has 4 nitrogen and oxygen atoms in total. The molecule has 0 radical (unpaired) electrons. The SMILES string of the molecule is c1ccc(CCCCN=C2Nc3ccccc3NC23CCOCC3)cc1. The number of nitrogens with one attached hydrogen (secondary N) is 2. The molecule has 2 aliphatic heterocycles. The number of aliphatic imine (C=N–C) groups is 1. The zero-order valence-electron chi connectivity index (χ0n) is 15.2. The second-order valence-corrected chi connectivity index (χ2v) is 7.16. The molecule has 2 aromatic rings. The Bertz CT molecular complexity index is 751. The Morgan fingerprint density at radius 3 is 2.42 bits per heavy atom. The number of anilines is 2. The number of aryl methyl sites for hydroxylation is 1. The smallest absolute Gasteiger partial charge is 0.127 e. The molecule has 0 unspecified atom stereocenters. The van der Waals surface area contributed by atoms with Gasteiger partial charge in [-0.15, -0.1) is 0 Å². The lowest BCUT2D eigenvalue weighted by Crippen LogP contribution is -2.55. The number of para-hydroxylation sites is 2. The quantitative estimate of drug-likeness (QED) is 0.782. The minimum absolute atomic E-state index is 0.105. The maximum absolute atomic E-state index is 5.60. The first-order valence-electron chi connectivity index (χ1n) is 9.67. The van der Waals surface area contributed by atoms with Crippen molar-refractivity contribution in [1.82, 2.24) is 0 Å². The average Bonchev–Trinajstić information content (AvgIpc) is 2.69. The third-order valence-corrected chi connectivity index (χ3v) is 5.34. The van der Waals surface area contributed by atoms with E-state index in [1.54, 1.807) is 0 Å². The van der Waals surface area contributed by atoms with Gasteiger partial charge in [0.1, 0.15) is 5.84 Å². The van der Waals surface area contributed by atoms with Crippen molar-refractivity contribution >= 4 is 17.2 Å². The van der Waals surface area contributed by atoms with Crippen LogP contribution < -0.4 is 10.6 Å². The molecule has 4 rings (SSSR count). The van der Waals surface area contributed by atoms with Gasteiger partial charge in [0.15, 0.2) is 0 Å². The number of rotatable bonds is 5. The van der Waals surface area contributed by atoms with Gasteiger partial charge in [0.2, 0.25) is 0 Å². The monoisotopic (exact) mass is 349 g/mol. The second kappa shape index (κ2) is 7.92. The van der Waals surface area contributed by atoms with Crippen molar-refractivity contribution in [1.29, 1.82) is 0 Å². The summed E-state index contributed by atoms with van der Waals surface area (Å²) in [5.74, 6) is 1.08. The fourth-order valence-corrected chi connectivity index (χ4v) is 3.81. The number of fused-ring (bicyclic) bond motifs is 1. The normalized spacial score (nSPS) is 19.6. The minimum Gasteiger partial charge on any atom is -0.381 e. The Balaban J connectivity index is 1.42. The van der Waals surface area contributed by atoms with E-state index in [0.29, 0.717) is 0 Å². The predicted molar refractivity (Wildman–Crippen MR) is 108 cm³/mol. The van der Waals surface area contributed by atoms with Crippen LogP contribution in [0.5, 0.6) is 0 Å². The van der Waals surface area contributed by atoms with Gasteiger partial charge >= 0.3 is 0 Å². The van der Waals surface area contributed by atoms with Crippen LogP contribution in [0.15, 0.2) is 59.6 Å². The zero-order chi connectivity index (χ0) is 17.7. The van der Waals surface area contributed by atoms with Gasteiger partial charge in [0, 0.05) is 32.6 Å². The Morgan fingerprint density at radius 2 is 1.62 bits per heavy atom. The van der Waals surface area contributed by atoms with Crippen molar-refractivity contribution in [2.75, 3.05) is 30.4 Å². The van der Waals surface area contributed by atoms with Crippen LogP contribution in [0.25, 0.3) is 0 Å². The molecule has 2 heterocycles. The van der Waals surface area contributed by atoms with Crippen LogP contribution >= 0.6 is 0 Å². The summed E-state index contributed by atoms with van der Waals surface area (Å²) >= 11 is 0. The topological polar surface area (TPSA) is 45.7 Å². The molecule has 26 heavy (non-hydrogen) atoms. The third kappa shape index (κ3) is 3.75. The van der Waals surface area contributed by atoms with E-state index in [-0.39, 0.29) is 5.54 Å². The van der Waals surface area contributed by atoms with E-state index < -0.39 is 0 Å². The average molecular weight is 349 g/mol. The van der Waals surface area contributed by atoms with Gasteiger partial charge in [-0.25, -0.2) is 0 Å². The number of unbranched alkanes of at least 4 members (excludes halogenated alkanes) is 1. The summed E-state index contributed by atoms with van der Waals surface area (Å²) in [5.41, 5.74) is 3.59. The molecule has 1 saturated heterocycles. The molecular weight excluding hydrogens is 322 g/mol. The summed E-state index contributed by atoms with van der Waals surface area (Å²) < 4.78 is 5.60. The van der Waals surface area contributed by atoms with E-state index in [1.807, 2.05) is 0 Å². The van der Waals surface area contributed by atoms with Gasteiger partial charge in [-0.2, -0.15) is 0 Å². The summed E-state index contributed by atoms with van der Waals surface area (Å²) in [4.78, 5) is 4.98. The van der Waals surface area contributed by atoms with Crippen LogP contribution in [0.4, 0.5) is 11.4 Å². The van der Waals surface area contributed by atoms with Gasteiger partial charge in [0.05, 0.1) is 16.9 Å². The number of benzene rings is 2. The molecule has 0 saturated carbocycles. The molecule has 136 valence electrons. The van der Waals surface area contributed by atoms with Crippen molar-refractivity contribution in [3.63, 3.8) is 0 Å². The fraction of sp³-hybridized carbons (Fsp3) is 0.409. The van der Waals surface area contributed by atoms with Crippen molar-refractivity contribution in [2.45, 2.75) is 37.6 Å². The van der Waals surface area contributed by atoms with E-state index in [1.165, 1.54) is 12.0 Å². The molecule has 1 spiro atoms. The van der Waals surface area contributed by atoms with Gasteiger partial charge in [-0.3, -0.25) is 4.99 Å². The van der Waals surface area contributed by atoms with Crippen LogP contribution in [-0.4, -0.2) is 31.1 Å². The molecule has 1 fully saturated rings. The first kappa shape index (κ1) is 17.1. The Hall–Kier alpha value is -2.33. The van der Waals surface area contributed by atoms with Crippen molar-refractivity contribution in [3.05, 3.63) is 60.2 Å². The first-order valence-corrected chi connectivity index (χ1v) is 9.67. The number of hydrogen-bond donors (Lipinski definition) is 2. The highest BCUT2D eigenvalue weighted by Gasteiger charge is 2.41. The van der Waals surface area contributed by atoms with Crippen LogP contribution in [0.3, 0.4) is 0 Å². The van der Waals surface area contributed by atoms with Crippen molar-refractivity contribution in [2.24, 2.45) is 4.99 Å². The van der Waals surface area contributed by atoms with E-state index in [4.69, 9.17) is 9.73 Å².